The average molecular weight is 489 g/mol. The molecule has 4 aromatic rings. The van der Waals surface area contributed by atoms with Crippen molar-refractivity contribution < 1.29 is 19.1 Å². The number of rotatable bonds is 7. The first-order valence-corrected chi connectivity index (χ1v) is 11.4. The predicted octanol–water partition coefficient (Wildman–Crippen LogP) is 4.10. The van der Waals surface area contributed by atoms with E-state index in [1.54, 1.807) is 52.4 Å². The van der Waals surface area contributed by atoms with Crippen LogP contribution in [0.15, 0.2) is 60.9 Å². The van der Waals surface area contributed by atoms with Crippen LogP contribution in [0.25, 0.3) is 22.2 Å². The van der Waals surface area contributed by atoms with Crippen LogP contribution < -0.4 is 15.4 Å². The van der Waals surface area contributed by atoms with E-state index in [4.69, 9.17) is 9.47 Å². The van der Waals surface area contributed by atoms with Crippen molar-refractivity contribution in [3.05, 3.63) is 66.5 Å². The van der Waals surface area contributed by atoms with Gasteiger partial charge in [-0.15, -0.1) is 5.10 Å². The Hall–Kier alpha value is -4.47. The second-order valence-electron chi connectivity index (χ2n) is 9.19. The van der Waals surface area contributed by atoms with Gasteiger partial charge in [0.25, 0.3) is 0 Å². The topological polar surface area (TPSA) is 131 Å². The van der Waals surface area contributed by atoms with Gasteiger partial charge in [0.1, 0.15) is 17.4 Å². The van der Waals surface area contributed by atoms with E-state index in [1.807, 2.05) is 36.4 Å². The van der Waals surface area contributed by atoms with Crippen LogP contribution in [0.2, 0.25) is 0 Å². The van der Waals surface area contributed by atoms with Gasteiger partial charge in [-0.3, -0.25) is 20.2 Å². The minimum Gasteiger partial charge on any atom is -0.497 e. The largest absolute Gasteiger partial charge is 0.497 e. The molecule has 0 fully saturated rings. The standard InChI is InChI=1S/C26H28N6O4/c1-26(2,3)36-25(34)28-21(13-16-5-9-20(35-4)10-6-16)23(33)30-24-29-22(31-32-24)18-7-8-19-15-27-12-11-17(19)14-18/h5-12,14-15,21H,13H2,1-4H3,(H,28,34)(H2,29,30,31,32,33)/t21-/m0/s1. The van der Waals surface area contributed by atoms with Crippen molar-refractivity contribution in [2.45, 2.75) is 38.8 Å². The molecule has 0 radical (unpaired) electrons. The van der Waals surface area contributed by atoms with Crippen molar-refractivity contribution in [3.63, 3.8) is 0 Å². The fraction of sp³-hybridized carbons (Fsp3) is 0.269. The second-order valence-corrected chi connectivity index (χ2v) is 9.19. The summed E-state index contributed by atoms with van der Waals surface area (Å²) in [7, 11) is 1.58. The summed E-state index contributed by atoms with van der Waals surface area (Å²) >= 11 is 0. The van der Waals surface area contributed by atoms with E-state index < -0.39 is 23.6 Å². The molecule has 0 saturated carbocycles. The van der Waals surface area contributed by atoms with Gasteiger partial charge in [0.2, 0.25) is 11.9 Å². The number of fused-ring (bicyclic) bond motifs is 1. The Morgan fingerprint density at radius 1 is 1.06 bits per heavy atom. The number of nitrogens with one attached hydrogen (secondary N) is 3. The molecular formula is C26H28N6O4. The molecule has 3 N–H and O–H groups in total. The van der Waals surface area contributed by atoms with Crippen LogP contribution in [-0.4, -0.2) is 50.9 Å². The Balaban J connectivity index is 1.50. The summed E-state index contributed by atoms with van der Waals surface area (Å²) in [5, 5.41) is 14.3. The van der Waals surface area contributed by atoms with Gasteiger partial charge in [0.15, 0.2) is 5.82 Å². The van der Waals surface area contributed by atoms with Crippen LogP contribution in [0.1, 0.15) is 26.3 Å². The zero-order valence-corrected chi connectivity index (χ0v) is 20.5. The molecule has 0 aliphatic rings. The summed E-state index contributed by atoms with van der Waals surface area (Å²) in [5.41, 5.74) is 0.927. The number of carbonyl (C=O) groups is 2. The molecule has 2 aromatic carbocycles. The van der Waals surface area contributed by atoms with Gasteiger partial charge in [0, 0.05) is 29.8 Å². The summed E-state index contributed by atoms with van der Waals surface area (Å²) in [6.07, 6.45) is 3.03. The third kappa shape index (κ3) is 6.35. The Labute approximate surface area is 208 Å². The smallest absolute Gasteiger partial charge is 0.408 e. The second kappa shape index (κ2) is 10.4. The number of ether oxygens (including phenoxy) is 2. The Kier molecular flexibility index (Phi) is 7.14. The van der Waals surface area contributed by atoms with Crippen molar-refractivity contribution in [1.82, 2.24) is 25.5 Å². The highest BCUT2D eigenvalue weighted by molar-refractivity contribution is 5.95. The number of nitrogens with zero attached hydrogens (tertiary/aromatic N) is 3. The molecule has 0 bridgehead atoms. The predicted molar refractivity (Wildman–Crippen MR) is 136 cm³/mol. The molecule has 2 heterocycles. The molecule has 1 atom stereocenters. The van der Waals surface area contributed by atoms with Crippen LogP contribution in [0.5, 0.6) is 5.75 Å². The Morgan fingerprint density at radius 2 is 1.83 bits per heavy atom. The van der Waals surface area contributed by atoms with Crippen LogP contribution in [0, 0.1) is 0 Å². The van der Waals surface area contributed by atoms with E-state index in [0.717, 1.165) is 21.9 Å². The van der Waals surface area contributed by atoms with Gasteiger partial charge in [0.05, 0.1) is 7.11 Å². The first-order valence-electron chi connectivity index (χ1n) is 11.4. The van der Waals surface area contributed by atoms with Gasteiger partial charge in [-0.1, -0.05) is 24.3 Å². The fourth-order valence-corrected chi connectivity index (χ4v) is 3.53. The van der Waals surface area contributed by atoms with E-state index in [0.29, 0.717) is 11.6 Å². The van der Waals surface area contributed by atoms with Crippen LogP contribution in [0.3, 0.4) is 0 Å². The number of methoxy groups -OCH3 is 1. The number of aromatic nitrogens is 4. The van der Waals surface area contributed by atoms with Crippen molar-refractivity contribution in [1.29, 1.82) is 0 Å². The molecule has 10 nitrogen and oxygen atoms in total. The highest BCUT2D eigenvalue weighted by atomic mass is 16.6. The zero-order valence-electron chi connectivity index (χ0n) is 20.5. The summed E-state index contributed by atoms with van der Waals surface area (Å²) in [5.74, 6) is 0.802. The molecule has 0 unspecified atom stereocenters. The number of aromatic amines is 1. The molecule has 10 heteroatoms. The maximum absolute atomic E-state index is 13.2. The normalized spacial score (nSPS) is 12.1. The monoisotopic (exact) mass is 488 g/mol. The van der Waals surface area contributed by atoms with E-state index >= 15 is 0 Å². The number of amides is 2. The van der Waals surface area contributed by atoms with Crippen LogP contribution in [0.4, 0.5) is 10.7 Å². The molecule has 0 saturated heterocycles. The van der Waals surface area contributed by atoms with Crippen molar-refractivity contribution in [2.75, 3.05) is 12.4 Å². The number of alkyl carbamates (subject to hydrolysis) is 1. The molecule has 4 rings (SSSR count). The minimum absolute atomic E-state index is 0.0931. The SMILES string of the molecule is COc1ccc(C[C@H](NC(=O)OC(C)(C)C)C(=O)Nc2n[nH]c(-c3ccc4cnccc4c3)n2)cc1. The molecule has 36 heavy (non-hydrogen) atoms. The number of H-pyrrole nitrogens is 1. The highest BCUT2D eigenvalue weighted by Crippen LogP contribution is 2.22. The lowest BCUT2D eigenvalue weighted by molar-refractivity contribution is -0.118. The summed E-state index contributed by atoms with van der Waals surface area (Å²) in [4.78, 5) is 34.1. The van der Waals surface area contributed by atoms with Gasteiger partial charge in [-0.2, -0.15) is 4.98 Å². The Bertz CT molecular complexity index is 1360. The number of benzene rings is 2. The lowest BCUT2D eigenvalue weighted by Crippen LogP contribution is -2.47. The van der Waals surface area contributed by atoms with E-state index in [1.165, 1.54) is 0 Å². The lowest BCUT2D eigenvalue weighted by atomic mass is 10.1. The molecule has 2 amide bonds. The third-order valence-electron chi connectivity index (χ3n) is 5.24. The van der Waals surface area contributed by atoms with Crippen molar-refractivity contribution in [3.8, 4) is 17.1 Å². The number of carbonyl (C=O) groups excluding carboxylic acids is 2. The van der Waals surface area contributed by atoms with Crippen LogP contribution in [-0.2, 0) is 16.0 Å². The first kappa shape index (κ1) is 24.6. The molecule has 2 aromatic heterocycles. The van der Waals surface area contributed by atoms with E-state index in [-0.39, 0.29) is 12.4 Å². The van der Waals surface area contributed by atoms with E-state index in [2.05, 4.69) is 30.8 Å². The lowest BCUT2D eigenvalue weighted by Gasteiger charge is -2.23. The Morgan fingerprint density at radius 3 is 2.56 bits per heavy atom. The highest BCUT2D eigenvalue weighted by Gasteiger charge is 2.26. The number of pyridine rings is 1. The minimum atomic E-state index is -0.927. The summed E-state index contributed by atoms with van der Waals surface area (Å²) in [6, 6.07) is 14.0. The van der Waals surface area contributed by atoms with Gasteiger partial charge < -0.3 is 14.8 Å². The summed E-state index contributed by atoms with van der Waals surface area (Å²) < 4.78 is 10.5. The molecule has 0 aliphatic carbocycles. The average Bonchev–Trinajstić information content (AvgIpc) is 3.31. The fourth-order valence-electron chi connectivity index (χ4n) is 3.53. The quantitative estimate of drug-likeness (QED) is 0.357. The van der Waals surface area contributed by atoms with Gasteiger partial charge >= 0.3 is 6.09 Å². The molecule has 0 spiro atoms. The number of anilines is 1. The zero-order chi connectivity index (χ0) is 25.7. The molecular weight excluding hydrogens is 460 g/mol. The van der Waals surface area contributed by atoms with E-state index in [9.17, 15) is 9.59 Å². The third-order valence-corrected chi connectivity index (χ3v) is 5.24. The maximum Gasteiger partial charge on any atom is 0.408 e. The van der Waals surface area contributed by atoms with Crippen molar-refractivity contribution in [2.24, 2.45) is 0 Å². The summed E-state index contributed by atoms with van der Waals surface area (Å²) in [6.45, 7) is 5.26. The van der Waals surface area contributed by atoms with Gasteiger partial charge in [-0.25, -0.2) is 4.79 Å². The van der Waals surface area contributed by atoms with Gasteiger partial charge in [-0.05, 0) is 56.0 Å². The maximum atomic E-state index is 13.2. The number of hydrogen-bond donors (Lipinski definition) is 3. The number of hydrogen-bond acceptors (Lipinski definition) is 7. The van der Waals surface area contributed by atoms with Crippen LogP contribution >= 0.6 is 0 Å². The molecule has 0 aliphatic heterocycles. The first-order chi connectivity index (χ1) is 17.2. The van der Waals surface area contributed by atoms with Crippen molar-refractivity contribution >= 4 is 28.7 Å². The molecule has 186 valence electrons.